The summed E-state index contributed by atoms with van der Waals surface area (Å²) < 4.78 is 6.92. The van der Waals surface area contributed by atoms with Gasteiger partial charge in [0.05, 0.1) is 4.92 Å². The third-order valence-electron chi connectivity index (χ3n) is 2.82. The van der Waals surface area contributed by atoms with Crippen LogP contribution in [0.1, 0.15) is 6.92 Å². The Morgan fingerprint density at radius 3 is 2.67 bits per heavy atom. The van der Waals surface area contributed by atoms with E-state index in [0.29, 0.717) is 12.1 Å². The molecule has 0 aliphatic carbocycles. The summed E-state index contributed by atoms with van der Waals surface area (Å²) in [7, 11) is 0. The highest BCUT2D eigenvalue weighted by Crippen LogP contribution is 2.29. The number of rotatable bonds is 4. The lowest BCUT2D eigenvalue weighted by Gasteiger charge is -1.92. The fourth-order valence-electron chi connectivity index (χ4n) is 1.79. The highest BCUT2D eigenvalue weighted by molar-refractivity contribution is 5.62. The van der Waals surface area contributed by atoms with Crippen LogP contribution >= 0.6 is 0 Å². The van der Waals surface area contributed by atoms with Gasteiger partial charge < -0.3 is 4.42 Å². The summed E-state index contributed by atoms with van der Waals surface area (Å²) in [6.45, 7) is 2.34. The van der Waals surface area contributed by atoms with Crippen molar-refractivity contribution in [2.75, 3.05) is 0 Å². The first kappa shape index (κ1) is 12.9. The van der Waals surface area contributed by atoms with Crippen molar-refractivity contribution in [1.29, 1.82) is 0 Å². The molecule has 0 radical (unpaired) electrons. The van der Waals surface area contributed by atoms with Crippen LogP contribution in [0.2, 0.25) is 0 Å². The third kappa shape index (κ3) is 2.36. The summed E-state index contributed by atoms with van der Waals surface area (Å²) in [6, 6.07) is 3.41. The molecule has 0 unspecified atom stereocenters. The van der Waals surface area contributed by atoms with Crippen molar-refractivity contribution in [2.24, 2.45) is 0 Å². The number of aryl methyl sites for hydroxylation is 1. The maximum Gasteiger partial charge on any atom is 0.320 e. The monoisotopic (exact) mass is 286 g/mol. The Balaban J connectivity index is 2.04. The predicted octanol–water partition coefficient (Wildman–Crippen LogP) is 1.92. The van der Waals surface area contributed by atoms with Gasteiger partial charge in [-0.05, 0) is 19.1 Å². The molecule has 0 spiro atoms. The fraction of sp³-hybridized carbons (Fsp3) is 0.167. The number of nitrogens with zero attached hydrogens (tertiary/aromatic N) is 6. The van der Waals surface area contributed by atoms with E-state index in [-0.39, 0.29) is 23.2 Å². The van der Waals surface area contributed by atoms with Crippen molar-refractivity contribution in [3.63, 3.8) is 0 Å². The summed E-state index contributed by atoms with van der Waals surface area (Å²) in [5.41, 5.74) is 0.581. The quantitative estimate of drug-likeness (QED) is 0.531. The van der Waals surface area contributed by atoms with Crippen LogP contribution in [-0.4, -0.2) is 29.9 Å². The standard InChI is InChI=1S/C12H10N6O3/c1-2-17-7-9(18(19)20)10(16-17)12-15-14-11(21-12)8-3-5-13-6-4-8/h3-7H,2H2,1H3. The first-order valence-electron chi connectivity index (χ1n) is 6.15. The minimum Gasteiger partial charge on any atom is -0.414 e. The molecule has 0 fully saturated rings. The molecular weight excluding hydrogens is 276 g/mol. The van der Waals surface area contributed by atoms with Crippen molar-refractivity contribution in [3.8, 4) is 23.0 Å². The Morgan fingerprint density at radius 2 is 2.00 bits per heavy atom. The van der Waals surface area contributed by atoms with Crippen LogP contribution in [0.3, 0.4) is 0 Å². The molecule has 0 amide bonds. The van der Waals surface area contributed by atoms with Gasteiger partial charge in [0.25, 0.3) is 5.89 Å². The molecule has 3 rings (SSSR count). The Kier molecular flexibility index (Phi) is 3.14. The third-order valence-corrected chi connectivity index (χ3v) is 2.82. The maximum absolute atomic E-state index is 11.1. The van der Waals surface area contributed by atoms with E-state index in [1.807, 2.05) is 6.92 Å². The number of hydrogen-bond acceptors (Lipinski definition) is 7. The summed E-state index contributed by atoms with van der Waals surface area (Å²) in [5.74, 6) is 0.272. The number of nitro groups is 1. The molecule has 3 aromatic heterocycles. The van der Waals surface area contributed by atoms with Crippen LogP contribution < -0.4 is 0 Å². The Hall–Kier alpha value is -3.10. The van der Waals surface area contributed by atoms with Crippen LogP contribution in [0.4, 0.5) is 5.69 Å². The minimum absolute atomic E-state index is 0.0145. The van der Waals surface area contributed by atoms with Crippen LogP contribution in [0.5, 0.6) is 0 Å². The highest BCUT2D eigenvalue weighted by atomic mass is 16.6. The summed E-state index contributed by atoms with van der Waals surface area (Å²) >= 11 is 0. The van der Waals surface area contributed by atoms with E-state index in [9.17, 15) is 10.1 Å². The van der Waals surface area contributed by atoms with Crippen molar-refractivity contribution in [2.45, 2.75) is 13.5 Å². The predicted molar refractivity (Wildman–Crippen MR) is 71.1 cm³/mol. The van der Waals surface area contributed by atoms with Crippen LogP contribution in [0.15, 0.2) is 35.1 Å². The number of hydrogen-bond donors (Lipinski definition) is 0. The zero-order valence-electron chi connectivity index (χ0n) is 11.0. The first-order valence-corrected chi connectivity index (χ1v) is 6.15. The van der Waals surface area contributed by atoms with E-state index >= 15 is 0 Å². The maximum atomic E-state index is 11.1. The lowest BCUT2D eigenvalue weighted by molar-refractivity contribution is -0.384. The Morgan fingerprint density at radius 1 is 1.29 bits per heavy atom. The van der Waals surface area contributed by atoms with Gasteiger partial charge in [0.1, 0.15) is 6.20 Å². The van der Waals surface area contributed by atoms with E-state index < -0.39 is 4.92 Å². The van der Waals surface area contributed by atoms with Gasteiger partial charge in [-0.1, -0.05) is 0 Å². The molecule has 106 valence electrons. The molecular formula is C12H10N6O3. The molecule has 0 N–H and O–H groups in total. The zero-order chi connectivity index (χ0) is 14.8. The van der Waals surface area contributed by atoms with Gasteiger partial charge in [0.15, 0.2) is 0 Å². The molecule has 9 heteroatoms. The van der Waals surface area contributed by atoms with Gasteiger partial charge in [-0.15, -0.1) is 10.2 Å². The number of aromatic nitrogens is 5. The molecule has 0 saturated heterocycles. The molecule has 0 aromatic carbocycles. The van der Waals surface area contributed by atoms with E-state index in [2.05, 4.69) is 20.3 Å². The molecule has 21 heavy (non-hydrogen) atoms. The minimum atomic E-state index is -0.523. The topological polar surface area (TPSA) is 113 Å². The van der Waals surface area contributed by atoms with Gasteiger partial charge in [0, 0.05) is 24.5 Å². The van der Waals surface area contributed by atoms with Crippen molar-refractivity contribution >= 4 is 5.69 Å². The van der Waals surface area contributed by atoms with Crippen molar-refractivity contribution in [3.05, 3.63) is 40.8 Å². The number of pyridine rings is 1. The van der Waals surface area contributed by atoms with Gasteiger partial charge >= 0.3 is 5.69 Å². The van der Waals surface area contributed by atoms with Crippen LogP contribution in [-0.2, 0) is 6.54 Å². The SMILES string of the molecule is CCn1cc([N+](=O)[O-])c(-c2nnc(-c3ccncc3)o2)n1. The van der Waals surface area contributed by atoms with Gasteiger partial charge in [0.2, 0.25) is 11.6 Å². The largest absolute Gasteiger partial charge is 0.414 e. The van der Waals surface area contributed by atoms with Crippen LogP contribution in [0.25, 0.3) is 23.0 Å². The normalized spacial score (nSPS) is 10.7. The van der Waals surface area contributed by atoms with E-state index in [4.69, 9.17) is 4.42 Å². The molecule has 0 bridgehead atoms. The van der Waals surface area contributed by atoms with Gasteiger partial charge in [-0.25, -0.2) is 0 Å². The van der Waals surface area contributed by atoms with Crippen molar-refractivity contribution < 1.29 is 9.34 Å². The second kappa shape index (κ2) is 5.12. The lowest BCUT2D eigenvalue weighted by Crippen LogP contribution is -1.93. The Labute approximate surface area is 118 Å². The van der Waals surface area contributed by atoms with E-state index in [1.54, 1.807) is 24.5 Å². The smallest absolute Gasteiger partial charge is 0.320 e. The Bertz CT molecular complexity index is 779. The summed E-state index contributed by atoms with van der Waals surface area (Å²) in [5, 5.41) is 22.9. The average Bonchev–Trinajstić information content (AvgIpc) is 3.14. The molecule has 0 saturated carbocycles. The average molecular weight is 286 g/mol. The second-order valence-corrected chi connectivity index (χ2v) is 4.12. The van der Waals surface area contributed by atoms with Gasteiger partial charge in [-0.2, -0.15) is 5.10 Å². The lowest BCUT2D eigenvalue weighted by atomic mass is 10.3. The van der Waals surface area contributed by atoms with Crippen molar-refractivity contribution in [1.82, 2.24) is 25.0 Å². The highest BCUT2D eigenvalue weighted by Gasteiger charge is 2.25. The molecule has 0 atom stereocenters. The summed E-state index contributed by atoms with van der Waals surface area (Å²) in [4.78, 5) is 14.4. The first-order chi connectivity index (χ1) is 10.2. The molecule has 0 aliphatic heterocycles. The molecule has 0 aliphatic rings. The summed E-state index contributed by atoms with van der Waals surface area (Å²) in [6.07, 6.45) is 4.52. The van der Waals surface area contributed by atoms with E-state index in [1.165, 1.54) is 10.9 Å². The molecule has 3 heterocycles. The molecule has 9 nitrogen and oxygen atoms in total. The zero-order valence-corrected chi connectivity index (χ0v) is 11.0. The fourth-order valence-corrected chi connectivity index (χ4v) is 1.79. The van der Waals surface area contributed by atoms with Gasteiger partial charge in [-0.3, -0.25) is 19.8 Å². The molecule has 3 aromatic rings. The second-order valence-electron chi connectivity index (χ2n) is 4.12. The van der Waals surface area contributed by atoms with E-state index in [0.717, 1.165) is 0 Å². The van der Waals surface area contributed by atoms with Crippen LogP contribution in [0, 0.1) is 10.1 Å².